The zero-order valence-corrected chi connectivity index (χ0v) is 19.6. The highest BCUT2D eigenvalue weighted by molar-refractivity contribution is 6.21. The molecule has 0 unspecified atom stereocenters. The summed E-state index contributed by atoms with van der Waals surface area (Å²) in [6.45, 7) is 2.93. The summed E-state index contributed by atoms with van der Waals surface area (Å²) >= 11 is 0. The highest BCUT2D eigenvalue weighted by atomic mass is 16.4. The second-order valence-electron chi connectivity index (χ2n) is 9.68. The van der Waals surface area contributed by atoms with Crippen LogP contribution in [0.15, 0.2) is 42.5 Å². The number of carbonyl (C=O) groups excluding carboxylic acids is 2. The molecule has 0 saturated carbocycles. The van der Waals surface area contributed by atoms with E-state index in [0.29, 0.717) is 36.2 Å². The number of imide groups is 1. The summed E-state index contributed by atoms with van der Waals surface area (Å²) in [6.07, 6.45) is 4.04. The van der Waals surface area contributed by atoms with E-state index in [9.17, 15) is 19.5 Å². The van der Waals surface area contributed by atoms with Crippen LogP contribution in [0.2, 0.25) is 0 Å². The fourth-order valence-electron chi connectivity index (χ4n) is 6.04. The second-order valence-corrected chi connectivity index (χ2v) is 9.68. The first-order valence-electron chi connectivity index (χ1n) is 12.2. The van der Waals surface area contributed by atoms with E-state index < -0.39 is 6.09 Å². The van der Waals surface area contributed by atoms with Crippen LogP contribution in [-0.2, 0) is 13.0 Å². The number of likely N-dealkylation sites (tertiary alicyclic amines) is 1. The molecule has 1 N–H and O–H groups in total. The van der Waals surface area contributed by atoms with Crippen molar-refractivity contribution in [3.05, 3.63) is 70.3 Å². The Morgan fingerprint density at radius 2 is 1.71 bits per heavy atom. The van der Waals surface area contributed by atoms with Gasteiger partial charge in [0.15, 0.2) is 0 Å². The zero-order chi connectivity index (χ0) is 23.8. The lowest BCUT2D eigenvalue weighted by Crippen LogP contribution is -2.37. The number of unbranched alkanes of at least 4 members (excludes halogenated alkanes) is 1. The fraction of sp³-hybridized carbons (Fsp3) is 0.444. The predicted octanol–water partition coefficient (Wildman–Crippen LogP) is 3.98. The van der Waals surface area contributed by atoms with Gasteiger partial charge in [0.2, 0.25) is 0 Å². The van der Waals surface area contributed by atoms with Gasteiger partial charge < -0.3 is 10.0 Å². The number of fused-ring (bicyclic) bond motifs is 4. The molecule has 2 aliphatic heterocycles. The molecule has 2 aromatic rings. The van der Waals surface area contributed by atoms with Crippen molar-refractivity contribution >= 4 is 17.9 Å². The zero-order valence-electron chi connectivity index (χ0n) is 19.6. The van der Waals surface area contributed by atoms with Crippen molar-refractivity contribution in [3.63, 3.8) is 0 Å². The first-order chi connectivity index (χ1) is 16.5. The van der Waals surface area contributed by atoms with Crippen LogP contribution in [0.1, 0.15) is 69.0 Å². The Morgan fingerprint density at radius 3 is 2.41 bits per heavy atom. The van der Waals surface area contributed by atoms with Crippen LogP contribution in [0.25, 0.3) is 0 Å². The fourth-order valence-corrected chi connectivity index (χ4v) is 6.04. The smallest absolute Gasteiger partial charge is 0.407 e. The molecule has 7 nitrogen and oxygen atoms in total. The average molecular weight is 462 g/mol. The predicted molar refractivity (Wildman–Crippen MR) is 128 cm³/mol. The summed E-state index contributed by atoms with van der Waals surface area (Å²) in [5, 5.41) is 9.26. The van der Waals surface area contributed by atoms with Crippen molar-refractivity contribution in [1.29, 1.82) is 0 Å². The Balaban J connectivity index is 1.17. The van der Waals surface area contributed by atoms with Gasteiger partial charge in [-0.3, -0.25) is 19.4 Å². The van der Waals surface area contributed by atoms with E-state index in [4.69, 9.17) is 0 Å². The maximum Gasteiger partial charge on any atom is 0.407 e. The van der Waals surface area contributed by atoms with Gasteiger partial charge in [-0.15, -0.1) is 0 Å². The van der Waals surface area contributed by atoms with Crippen LogP contribution < -0.4 is 0 Å². The van der Waals surface area contributed by atoms with E-state index in [1.807, 2.05) is 0 Å². The maximum absolute atomic E-state index is 12.6. The molecule has 0 radical (unpaired) electrons. The van der Waals surface area contributed by atoms with Gasteiger partial charge >= 0.3 is 6.09 Å². The number of benzene rings is 2. The van der Waals surface area contributed by atoms with Crippen molar-refractivity contribution in [2.45, 2.75) is 50.6 Å². The highest BCUT2D eigenvalue weighted by Gasteiger charge is 2.39. The third-order valence-corrected chi connectivity index (χ3v) is 7.75. The Bertz CT molecular complexity index is 1100. The van der Waals surface area contributed by atoms with Gasteiger partial charge in [-0.2, -0.15) is 0 Å². The summed E-state index contributed by atoms with van der Waals surface area (Å²) < 4.78 is 0. The van der Waals surface area contributed by atoms with Crippen LogP contribution in [0.3, 0.4) is 0 Å². The molecule has 0 bridgehead atoms. The van der Waals surface area contributed by atoms with Crippen molar-refractivity contribution < 1.29 is 19.5 Å². The van der Waals surface area contributed by atoms with Gasteiger partial charge in [0.05, 0.1) is 11.1 Å². The lowest BCUT2D eigenvalue weighted by molar-refractivity contribution is 0.0649. The minimum absolute atomic E-state index is 0.171. The molecule has 0 spiro atoms. The molecule has 1 aliphatic carbocycles. The van der Waals surface area contributed by atoms with E-state index >= 15 is 0 Å². The molecule has 7 heteroatoms. The van der Waals surface area contributed by atoms with E-state index in [0.717, 1.165) is 50.8 Å². The molecule has 2 heterocycles. The minimum atomic E-state index is -0.903. The number of nitrogens with zero attached hydrogens (tertiary/aromatic N) is 3. The third kappa shape index (κ3) is 3.98. The van der Waals surface area contributed by atoms with Gasteiger partial charge in [-0.25, -0.2) is 4.79 Å². The number of amides is 3. The number of carbonyl (C=O) groups is 3. The molecule has 2 aromatic carbocycles. The number of hydrogen-bond donors (Lipinski definition) is 1. The first-order valence-corrected chi connectivity index (χ1v) is 12.2. The Kier molecular flexibility index (Phi) is 6.13. The minimum Gasteiger partial charge on any atom is -0.465 e. The van der Waals surface area contributed by atoms with Crippen molar-refractivity contribution in [2.75, 3.05) is 26.7 Å². The normalized spacial score (nSPS) is 21.4. The lowest BCUT2D eigenvalue weighted by atomic mass is 9.77. The van der Waals surface area contributed by atoms with Crippen molar-refractivity contribution in [2.24, 2.45) is 0 Å². The Hall–Kier alpha value is -3.19. The summed E-state index contributed by atoms with van der Waals surface area (Å²) in [4.78, 5) is 41.7. The standard InChI is InChI=1S/C27H31N3O4/c1-28(27(33)34)17-18-7-6-10-20-19(18)11-12-24-21(20)13-16-29(24)14-4-5-15-30-25(31)22-8-2-3-9-23(22)26(30)32/h2-3,6-10,21,24H,4-5,11-17H2,1H3,(H,33,34)/t21-,24+/m1/s1. The average Bonchev–Trinajstić information content (AvgIpc) is 3.36. The molecular weight excluding hydrogens is 430 g/mol. The van der Waals surface area contributed by atoms with Crippen LogP contribution >= 0.6 is 0 Å². The number of rotatable bonds is 7. The monoisotopic (exact) mass is 461 g/mol. The van der Waals surface area contributed by atoms with Crippen molar-refractivity contribution in [1.82, 2.24) is 14.7 Å². The molecule has 0 aromatic heterocycles. The van der Waals surface area contributed by atoms with Crippen LogP contribution in [0.5, 0.6) is 0 Å². The SMILES string of the molecule is CN(Cc1cccc2c1CC[C@H]1[C@@H]2CCN1CCCCN1C(=O)c2ccccc2C1=O)C(=O)O. The summed E-state index contributed by atoms with van der Waals surface area (Å²) in [5.74, 6) is 0.153. The first kappa shape index (κ1) is 22.6. The molecule has 3 aliphatic rings. The van der Waals surface area contributed by atoms with E-state index in [2.05, 4.69) is 23.1 Å². The molecule has 178 valence electrons. The van der Waals surface area contributed by atoms with Gasteiger partial charge in [0, 0.05) is 32.1 Å². The summed E-state index contributed by atoms with van der Waals surface area (Å²) in [6, 6.07) is 13.9. The molecule has 34 heavy (non-hydrogen) atoms. The van der Waals surface area contributed by atoms with E-state index in [-0.39, 0.29) is 11.8 Å². The quantitative estimate of drug-likeness (QED) is 0.498. The summed E-state index contributed by atoms with van der Waals surface area (Å²) in [7, 11) is 1.62. The summed E-state index contributed by atoms with van der Waals surface area (Å²) in [5.41, 5.74) is 4.89. The van der Waals surface area contributed by atoms with E-state index in [1.165, 1.54) is 20.9 Å². The molecule has 2 atom stereocenters. The molecule has 5 rings (SSSR count). The Labute approximate surface area is 200 Å². The molecular formula is C27H31N3O4. The third-order valence-electron chi connectivity index (χ3n) is 7.75. The van der Waals surface area contributed by atoms with Crippen LogP contribution in [0, 0.1) is 0 Å². The van der Waals surface area contributed by atoms with Gasteiger partial charge in [0.25, 0.3) is 11.8 Å². The van der Waals surface area contributed by atoms with Gasteiger partial charge in [-0.1, -0.05) is 30.3 Å². The maximum atomic E-state index is 12.6. The molecule has 3 amide bonds. The molecule has 1 fully saturated rings. The van der Waals surface area contributed by atoms with Crippen molar-refractivity contribution in [3.8, 4) is 0 Å². The highest BCUT2D eigenvalue weighted by Crippen LogP contribution is 2.42. The topological polar surface area (TPSA) is 81.2 Å². The lowest BCUT2D eigenvalue weighted by Gasteiger charge is -2.35. The number of carboxylic acid groups (broad SMARTS) is 1. The number of hydrogen-bond acceptors (Lipinski definition) is 4. The van der Waals surface area contributed by atoms with Gasteiger partial charge in [0.1, 0.15) is 0 Å². The van der Waals surface area contributed by atoms with Crippen LogP contribution in [0.4, 0.5) is 4.79 Å². The van der Waals surface area contributed by atoms with Crippen LogP contribution in [-0.4, -0.2) is 70.4 Å². The molecule has 1 saturated heterocycles. The Morgan fingerprint density at radius 1 is 1.00 bits per heavy atom. The van der Waals surface area contributed by atoms with Gasteiger partial charge in [-0.05, 0) is 74.0 Å². The largest absolute Gasteiger partial charge is 0.465 e. The second kappa shape index (κ2) is 9.22. The van der Waals surface area contributed by atoms with E-state index in [1.54, 1.807) is 31.3 Å².